The number of nitrogens with zero attached hydrogens (tertiary/aromatic N) is 2. The predicted octanol–water partition coefficient (Wildman–Crippen LogP) is 3.37. The third-order valence-electron chi connectivity index (χ3n) is 2.32. The summed E-state index contributed by atoms with van der Waals surface area (Å²) in [5.74, 6) is -0.963. The van der Waals surface area contributed by atoms with Crippen molar-refractivity contribution >= 4 is 5.82 Å². The Morgan fingerprint density at radius 3 is 2.24 bits per heavy atom. The molecule has 114 valence electrons. The van der Waals surface area contributed by atoms with E-state index in [1.165, 1.54) is 12.1 Å². The summed E-state index contributed by atoms with van der Waals surface area (Å²) in [5, 5.41) is 3.22. The summed E-state index contributed by atoms with van der Waals surface area (Å²) in [6.07, 6.45) is -9.62. The normalized spacial score (nSPS) is 12.5. The summed E-state index contributed by atoms with van der Waals surface area (Å²) in [4.78, 5) is 0. The average Bonchev–Trinajstić information content (AvgIpc) is 2.69. The Balaban J connectivity index is 2.39. The summed E-state index contributed by atoms with van der Waals surface area (Å²) >= 11 is 0. The lowest BCUT2D eigenvalue weighted by molar-refractivity contribution is -0.274. The smallest absolute Gasteiger partial charge is 0.406 e. The molecular formula is C11H7F6N3O. The van der Waals surface area contributed by atoms with E-state index in [0.29, 0.717) is 10.7 Å². The van der Waals surface area contributed by atoms with Gasteiger partial charge in [0, 0.05) is 12.1 Å². The standard InChI is InChI=1S/C11H7F6N3O/c12-10(13,14)8-5-9(18)20(19-8)6-2-1-3-7(4-6)21-11(15,16)17/h1-5H,18H2. The van der Waals surface area contributed by atoms with E-state index in [2.05, 4.69) is 9.84 Å². The predicted molar refractivity (Wildman–Crippen MR) is 59.7 cm³/mol. The van der Waals surface area contributed by atoms with E-state index in [4.69, 9.17) is 5.73 Å². The molecule has 0 bridgehead atoms. The first-order valence-electron chi connectivity index (χ1n) is 5.35. The van der Waals surface area contributed by atoms with E-state index in [1.807, 2.05) is 0 Å². The number of ether oxygens (including phenoxy) is 1. The van der Waals surface area contributed by atoms with Crippen LogP contribution >= 0.6 is 0 Å². The van der Waals surface area contributed by atoms with Crippen LogP contribution in [-0.2, 0) is 6.18 Å². The Hall–Kier alpha value is -2.39. The van der Waals surface area contributed by atoms with Gasteiger partial charge in [0.2, 0.25) is 0 Å². The van der Waals surface area contributed by atoms with Gasteiger partial charge in [0.15, 0.2) is 5.69 Å². The molecule has 0 atom stereocenters. The van der Waals surface area contributed by atoms with E-state index in [1.54, 1.807) is 0 Å². The molecule has 0 aliphatic rings. The lowest BCUT2D eigenvalue weighted by atomic mass is 10.3. The summed E-state index contributed by atoms with van der Waals surface area (Å²) < 4.78 is 78.1. The van der Waals surface area contributed by atoms with Crippen molar-refractivity contribution in [3.8, 4) is 11.4 Å². The summed E-state index contributed by atoms with van der Waals surface area (Å²) in [6.45, 7) is 0. The molecular weight excluding hydrogens is 304 g/mol. The highest BCUT2D eigenvalue weighted by Gasteiger charge is 2.35. The number of nitrogens with two attached hydrogens (primary N) is 1. The molecule has 0 aliphatic carbocycles. The van der Waals surface area contributed by atoms with Gasteiger partial charge in [-0.1, -0.05) is 6.07 Å². The fourth-order valence-electron chi connectivity index (χ4n) is 1.55. The average molecular weight is 311 g/mol. The van der Waals surface area contributed by atoms with Crippen LogP contribution in [-0.4, -0.2) is 16.1 Å². The maximum atomic E-state index is 12.5. The van der Waals surface area contributed by atoms with E-state index in [-0.39, 0.29) is 11.5 Å². The van der Waals surface area contributed by atoms with Gasteiger partial charge in [-0.3, -0.25) is 0 Å². The van der Waals surface area contributed by atoms with Crippen molar-refractivity contribution in [3.63, 3.8) is 0 Å². The first-order chi connectivity index (χ1) is 9.56. The molecule has 1 aromatic carbocycles. The molecule has 0 aliphatic heterocycles. The molecule has 0 unspecified atom stereocenters. The van der Waals surface area contributed by atoms with Crippen LogP contribution in [0.2, 0.25) is 0 Å². The number of anilines is 1. The highest BCUT2D eigenvalue weighted by atomic mass is 19.4. The molecule has 2 aromatic rings. The number of hydrogen-bond acceptors (Lipinski definition) is 3. The number of nitrogen functional groups attached to an aromatic ring is 1. The Bertz CT molecular complexity index is 646. The molecule has 0 saturated heterocycles. The molecule has 1 heterocycles. The van der Waals surface area contributed by atoms with E-state index in [9.17, 15) is 26.3 Å². The first kappa shape index (κ1) is 15.0. The molecule has 1 aromatic heterocycles. The third-order valence-corrected chi connectivity index (χ3v) is 2.32. The number of rotatable bonds is 2. The maximum Gasteiger partial charge on any atom is 0.573 e. The van der Waals surface area contributed by atoms with Gasteiger partial charge >= 0.3 is 12.5 Å². The van der Waals surface area contributed by atoms with Gasteiger partial charge in [0.1, 0.15) is 11.6 Å². The van der Waals surface area contributed by atoms with Crippen molar-refractivity contribution in [2.24, 2.45) is 0 Å². The zero-order chi connectivity index (χ0) is 15.8. The van der Waals surface area contributed by atoms with Crippen molar-refractivity contribution in [3.05, 3.63) is 36.0 Å². The molecule has 21 heavy (non-hydrogen) atoms. The summed E-state index contributed by atoms with van der Waals surface area (Å²) in [5.41, 5.74) is 4.04. The van der Waals surface area contributed by atoms with Crippen LogP contribution in [0.25, 0.3) is 5.69 Å². The minimum Gasteiger partial charge on any atom is -0.406 e. The van der Waals surface area contributed by atoms with Crippen molar-refractivity contribution in [2.45, 2.75) is 12.5 Å². The molecule has 0 saturated carbocycles. The molecule has 4 nitrogen and oxygen atoms in total. The molecule has 0 spiro atoms. The fraction of sp³-hybridized carbons (Fsp3) is 0.182. The number of aromatic nitrogens is 2. The van der Waals surface area contributed by atoms with Gasteiger partial charge in [-0.05, 0) is 12.1 Å². The molecule has 2 N–H and O–H groups in total. The van der Waals surface area contributed by atoms with Crippen LogP contribution in [0.15, 0.2) is 30.3 Å². The lowest BCUT2D eigenvalue weighted by Crippen LogP contribution is -2.17. The van der Waals surface area contributed by atoms with Crippen LogP contribution in [0, 0.1) is 0 Å². The second kappa shape index (κ2) is 4.86. The van der Waals surface area contributed by atoms with Gasteiger partial charge < -0.3 is 10.5 Å². The SMILES string of the molecule is Nc1cc(C(F)(F)F)nn1-c1cccc(OC(F)(F)F)c1. The van der Waals surface area contributed by atoms with Gasteiger partial charge in [0.25, 0.3) is 0 Å². The molecule has 0 amide bonds. The topological polar surface area (TPSA) is 53.1 Å². The van der Waals surface area contributed by atoms with Gasteiger partial charge in [-0.15, -0.1) is 13.2 Å². The van der Waals surface area contributed by atoms with Crippen molar-refractivity contribution in [1.82, 2.24) is 9.78 Å². The van der Waals surface area contributed by atoms with E-state index < -0.39 is 24.0 Å². The zero-order valence-corrected chi connectivity index (χ0v) is 10.0. The van der Waals surface area contributed by atoms with Crippen molar-refractivity contribution in [2.75, 3.05) is 5.73 Å². The molecule has 0 fully saturated rings. The number of hydrogen-bond donors (Lipinski definition) is 1. The van der Waals surface area contributed by atoms with E-state index >= 15 is 0 Å². The third kappa shape index (κ3) is 3.58. The lowest BCUT2D eigenvalue weighted by Gasteiger charge is -2.10. The van der Waals surface area contributed by atoms with Crippen LogP contribution in [0.5, 0.6) is 5.75 Å². The van der Waals surface area contributed by atoms with E-state index in [0.717, 1.165) is 12.1 Å². The van der Waals surface area contributed by atoms with Crippen molar-refractivity contribution in [1.29, 1.82) is 0 Å². The summed E-state index contributed by atoms with van der Waals surface area (Å²) in [7, 11) is 0. The van der Waals surface area contributed by atoms with Crippen LogP contribution < -0.4 is 10.5 Å². The van der Waals surface area contributed by atoms with Crippen LogP contribution in [0.3, 0.4) is 0 Å². The van der Waals surface area contributed by atoms with Gasteiger partial charge in [-0.25, -0.2) is 4.68 Å². The van der Waals surface area contributed by atoms with Crippen molar-refractivity contribution < 1.29 is 31.1 Å². The highest BCUT2D eigenvalue weighted by Crippen LogP contribution is 2.31. The second-order valence-electron chi connectivity index (χ2n) is 3.91. The summed E-state index contributed by atoms with van der Waals surface area (Å²) in [6, 6.07) is 4.87. The number of benzene rings is 1. The Morgan fingerprint density at radius 1 is 1.05 bits per heavy atom. The second-order valence-corrected chi connectivity index (χ2v) is 3.91. The quantitative estimate of drug-likeness (QED) is 0.865. The monoisotopic (exact) mass is 311 g/mol. The van der Waals surface area contributed by atoms with Crippen LogP contribution in [0.4, 0.5) is 32.2 Å². The minimum absolute atomic E-state index is 0.0928. The number of alkyl halides is 6. The Morgan fingerprint density at radius 2 is 1.71 bits per heavy atom. The minimum atomic E-state index is -4.91. The maximum absolute atomic E-state index is 12.5. The molecule has 0 radical (unpaired) electrons. The first-order valence-corrected chi connectivity index (χ1v) is 5.35. The molecule has 10 heteroatoms. The largest absolute Gasteiger partial charge is 0.573 e. The van der Waals surface area contributed by atoms with Gasteiger partial charge in [-0.2, -0.15) is 18.3 Å². The fourth-order valence-corrected chi connectivity index (χ4v) is 1.55. The highest BCUT2D eigenvalue weighted by molar-refractivity contribution is 5.46. The number of halogens is 6. The van der Waals surface area contributed by atoms with Crippen LogP contribution in [0.1, 0.15) is 5.69 Å². The zero-order valence-electron chi connectivity index (χ0n) is 10.0. The van der Waals surface area contributed by atoms with Gasteiger partial charge in [0.05, 0.1) is 5.69 Å². The molecule has 2 rings (SSSR count). The Kier molecular flexibility index (Phi) is 3.47. The Labute approximate surface area is 113 Å².